The van der Waals surface area contributed by atoms with Gasteiger partial charge in [-0.05, 0) is 87.3 Å². The van der Waals surface area contributed by atoms with Crippen molar-refractivity contribution in [3.05, 3.63) is 266 Å². The summed E-state index contributed by atoms with van der Waals surface area (Å²) in [6.07, 6.45) is 0. The Morgan fingerprint density at radius 1 is 0.265 bits per heavy atom. The number of hydrogen-bond donors (Lipinski definition) is 0. The first-order chi connectivity index (χ1) is 41.2. The van der Waals surface area contributed by atoms with Crippen molar-refractivity contribution in [2.24, 2.45) is 0 Å². The van der Waals surface area contributed by atoms with Crippen LogP contribution in [0.2, 0.25) is 0 Å². The molecule has 0 bridgehead atoms. The van der Waals surface area contributed by atoms with Gasteiger partial charge < -0.3 is 22.7 Å². The van der Waals surface area contributed by atoms with Crippen LogP contribution in [0.5, 0.6) is 0 Å². The second-order valence-electron chi connectivity index (χ2n) is 21.6. The molecule has 0 saturated carbocycles. The molecule has 7 nitrogen and oxygen atoms in total. The van der Waals surface area contributed by atoms with E-state index < -0.39 is 0 Å². The maximum atomic E-state index is 13.0. The van der Waals surface area contributed by atoms with Crippen molar-refractivity contribution in [2.75, 3.05) is 0 Å². The molecule has 0 radical (unpaired) electrons. The number of rotatable bonds is 5. The summed E-state index contributed by atoms with van der Waals surface area (Å²) in [6, 6.07) is 95.4. The molecular weight excluding hydrogens is 1010 g/mol. The predicted molar refractivity (Wildman–Crippen MR) is 341 cm³/mol. The first kappa shape index (κ1) is 45.2. The van der Waals surface area contributed by atoms with Crippen molar-refractivity contribution in [1.82, 2.24) is 18.3 Å². The third kappa shape index (κ3) is 5.99. The minimum atomic E-state index is 0.373. The molecule has 0 N–H and O–H groups in total. The van der Waals surface area contributed by atoms with Gasteiger partial charge in [-0.3, -0.25) is 0 Å². The number of nitriles is 2. The molecule has 13 aromatic carbocycles. The van der Waals surface area contributed by atoms with Crippen LogP contribution < -0.4 is 0 Å². The monoisotopic (exact) mass is 1050 g/mol. The smallest absolute Gasteiger partial charge is 0.160 e. The fourth-order valence-corrected chi connectivity index (χ4v) is 14.3. The van der Waals surface area contributed by atoms with Gasteiger partial charge in [-0.2, -0.15) is 10.5 Å². The molecule has 0 saturated heterocycles. The minimum absolute atomic E-state index is 0.373. The Kier molecular flexibility index (Phi) is 9.23. The highest BCUT2D eigenvalue weighted by Crippen LogP contribution is 2.51. The molecule has 382 valence electrons. The lowest BCUT2D eigenvalue weighted by molar-refractivity contribution is 0.671. The summed E-state index contributed by atoms with van der Waals surface area (Å²) in [5.74, 6) is 0. The maximum Gasteiger partial charge on any atom is 0.160 e. The number of hydrogen-bond acceptors (Lipinski definition) is 3. The van der Waals surface area contributed by atoms with E-state index in [0.717, 1.165) is 125 Å². The third-order valence-electron chi connectivity index (χ3n) is 17.6. The molecule has 83 heavy (non-hydrogen) atoms. The first-order valence-electron chi connectivity index (χ1n) is 28.0. The van der Waals surface area contributed by atoms with Gasteiger partial charge in [0, 0.05) is 53.9 Å². The zero-order chi connectivity index (χ0) is 54.6. The zero-order valence-corrected chi connectivity index (χ0v) is 44.3. The lowest BCUT2D eigenvalue weighted by Crippen LogP contribution is -2.16. The fraction of sp³-hybridized carbons (Fsp3) is 0. The fourth-order valence-electron chi connectivity index (χ4n) is 14.3. The summed E-state index contributed by atoms with van der Waals surface area (Å²) >= 11 is 0. The van der Waals surface area contributed by atoms with Crippen LogP contribution in [0.15, 0.2) is 259 Å². The van der Waals surface area contributed by atoms with Crippen LogP contribution in [0.4, 0.5) is 0 Å². The van der Waals surface area contributed by atoms with Crippen LogP contribution in [0.1, 0.15) is 11.1 Å². The summed E-state index contributed by atoms with van der Waals surface area (Å²) in [7, 11) is 0. The van der Waals surface area contributed by atoms with E-state index in [4.69, 9.17) is 4.42 Å². The van der Waals surface area contributed by atoms with E-state index in [2.05, 4.69) is 273 Å². The predicted octanol–water partition coefficient (Wildman–Crippen LogP) is 19.7. The van der Waals surface area contributed by atoms with E-state index in [0.29, 0.717) is 39.5 Å². The van der Waals surface area contributed by atoms with E-state index in [-0.39, 0.29) is 0 Å². The van der Waals surface area contributed by atoms with Gasteiger partial charge in [0.05, 0.1) is 66.9 Å². The van der Waals surface area contributed by atoms with Gasteiger partial charge in [0.1, 0.15) is 28.8 Å². The van der Waals surface area contributed by atoms with Crippen LogP contribution in [0.25, 0.3) is 165 Å². The summed E-state index contributed by atoms with van der Waals surface area (Å²) in [6.45, 7) is 0. The molecule has 0 unspecified atom stereocenters. The zero-order valence-electron chi connectivity index (χ0n) is 44.3. The Hall–Kier alpha value is -11.6. The molecule has 0 aliphatic rings. The highest BCUT2D eigenvalue weighted by atomic mass is 16.3. The van der Waals surface area contributed by atoms with Crippen molar-refractivity contribution in [2.45, 2.75) is 0 Å². The summed E-state index contributed by atoms with van der Waals surface area (Å²) < 4.78 is 16.3. The Bertz CT molecular complexity index is 5820. The van der Waals surface area contributed by atoms with Crippen LogP contribution in [-0.4, -0.2) is 18.3 Å². The first-order valence-corrected chi connectivity index (χ1v) is 28.0. The van der Waals surface area contributed by atoms with E-state index in [9.17, 15) is 10.5 Å². The van der Waals surface area contributed by atoms with Crippen molar-refractivity contribution in [3.63, 3.8) is 0 Å². The average molecular weight is 1060 g/mol. The molecule has 0 aliphatic heterocycles. The van der Waals surface area contributed by atoms with Gasteiger partial charge in [0.2, 0.25) is 0 Å². The highest BCUT2D eigenvalue weighted by molar-refractivity contribution is 6.27. The summed E-state index contributed by atoms with van der Waals surface area (Å²) in [5, 5.41) is 40.6. The second-order valence-corrected chi connectivity index (χ2v) is 21.6. The van der Waals surface area contributed by atoms with Crippen molar-refractivity contribution in [3.8, 4) is 46.0 Å². The largest absolute Gasteiger partial charge is 0.454 e. The molecule has 18 rings (SSSR count). The molecule has 0 atom stereocenters. The molecular formula is C76H42N6O. The Labute approximate surface area is 473 Å². The number of furan rings is 1. The Morgan fingerprint density at radius 2 is 0.639 bits per heavy atom. The second kappa shape index (κ2) is 16.9. The number of para-hydroxylation sites is 7. The lowest BCUT2D eigenvalue weighted by atomic mass is 9.92. The molecule has 5 aromatic heterocycles. The van der Waals surface area contributed by atoms with Crippen molar-refractivity contribution in [1.29, 1.82) is 10.5 Å². The SMILES string of the molecule is N#Cc1c(-n2c3ccccc3c3ccccc32)c(-n2c3ccccc3c3ccccc32)c(C#N)c(-n2c3cccc(-c4cccc5c4ccc4ccccc45)c3c3ccc4c5ccccc5oc4c32)c1-n1c2ccccc2c2ccccc21. The number of aromatic nitrogens is 4. The van der Waals surface area contributed by atoms with E-state index >= 15 is 0 Å². The molecule has 0 aliphatic carbocycles. The van der Waals surface area contributed by atoms with Crippen LogP contribution >= 0.6 is 0 Å². The van der Waals surface area contributed by atoms with Crippen molar-refractivity contribution < 1.29 is 4.42 Å². The molecule has 18 aromatic rings. The van der Waals surface area contributed by atoms with Gasteiger partial charge in [0.15, 0.2) is 5.58 Å². The van der Waals surface area contributed by atoms with E-state index in [1.54, 1.807) is 0 Å². The van der Waals surface area contributed by atoms with Gasteiger partial charge in [-0.15, -0.1) is 0 Å². The van der Waals surface area contributed by atoms with E-state index in [1.165, 1.54) is 10.8 Å². The quantitative estimate of drug-likeness (QED) is 0.161. The van der Waals surface area contributed by atoms with Crippen LogP contribution in [0, 0.1) is 22.7 Å². The number of fused-ring (bicyclic) bond motifs is 19. The standard InChI is InChI=1S/C76H42N6O/c77-43-60-71(79-62-31-10-3-21-50(62)51-22-4-11-32-63(51)79)72(80-64-33-12-5-23-52(64)53-24-6-13-34-65(53)80)61(44-78)74(73(60)81-66-35-14-7-25-54(66)55-26-8-15-36-67(55)81)82-68-37-18-30-57(48-29-17-28-47-46-20-2-1-19-45(46)39-40-49(47)48)70(68)59-42-41-58-56-27-9-16-38-69(56)83-76(58)75(59)82/h1-42H. The summed E-state index contributed by atoms with van der Waals surface area (Å²) in [5.41, 5.74) is 13.6. The van der Waals surface area contributed by atoms with Gasteiger partial charge in [-0.25, -0.2) is 0 Å². The van der Waals surface area contributed by atoms with Crippen LogP contribution in [-0.2, 0) is 0 Å². The Balaban J connectivity index is 1.14. The van der Waals surface area contributed by atoms with Gasteiger partial charge in [0.25, 0.3) is 0 Å². The van der Waals surface area contributed by atoms with E-state index in [1.807, 2.05) is 12.1 Å². The van der Waals surface area contributed by atoms with Gasteiger partial charge >= 0.3 is 0 Å². The normalized spacial score (nSPS) is 12.1. The van der Waals surface area contributed by atoms with Gasteiger partial charge in [-0.1, -0.05) is 200 Å². The summed E-state index contributed by atoms with van der Waals surface area (Å²) in [4.78, 5) is 0. The van der Waals surface area contributed by atoms with Crippen LogP contribution in [0.3, 0.4) is 0 Å². The van der Waals surface area contributed by atoms with Crippen molar-refractivity contribution >= 4 is 131 Å². The number of benzene rings is 13. The molecule has 5 heterocycles. The third-order valence-corrected chi connectivity index (χ3v) is 17.6. The minimum Gasteiger partial charge on any atom is -0.454 e. The maximum absolute atomic E-state index is 13.0. The molecule has 0 spiro atoms. The Morgan fingerprint density at radius 3 is 1.14 bits per heavy atom. The molecule has 0 fully saturated rings. The number of nitrogens with zero attached hydrogens (tertiary/aromatic N) is 6. The molecule has 0 amide bonds. The lowest BCUT2D eigenvalue weighted by Gasteiger charge is -2.27. The highest BCUT2D eigenvalue weighted by Gasteiger charge is 2.35. The molecule has 7 heteroatoms. The average Bonchev–Trinajstić information content (AvgIpc) is 2.19. The topological polar surface area (TPSA) is 80.4 Å².